The van der Waals surface area contributed by atoms with Crippen LogP contribution < -0.4 is 9.47 Å². The first-order chi connectivity index (χ1) is 9.81. The van der Waals surface area contributed by atoms with Gasteiger partial charge in [0.2, 0.25) is 0 Å². The van der Waals surface area contributed by atoms with Gasteiger partial charge in [-0.2, -0.15) is 0 Å². The van der Waals surface area contributed by atoms with E-state index in [0.717, 1.165) is 42.1 Å². The minimum Gasteiger partial charge on any atom is -0.493 e. The summed E-state index contributed by atoms with van der Waals surface area (Å²) in [7, 11) is 3.32. The van der Waals surface area contributed by atoms with Gasteiger partial charge in [0.25, 0.3) is 0 Å². The van der Waals surface area contributed by atoms with E-state index in [4.69, 9.17) is 30.5 Å². The van der Waals surface area contributed by atoms with Crippen LogP contribution in [0.3, 0.4) is 0 Å². The third-order valence-electron chi connectivity index (χ3n) is 3.41. The maximum atomic E-state index is 5.88. The molecule has 0 aromatic heterocycles. The van der Waals surface area contributed by atoms with E-state index < -0.39 is 0 Å². The van der Waals surface area contributed by atoms with Crippen LogP contribution in [0.25, 0.3) is 0 Å². The van der Waals surface area contributed by atoms with Crippen LogP contribution >= 0.6 is 11.6 Å². The Kier molecular flexibility index (Phi) is 5.95. The van der Waals surface area contributed by atoms with E-state index in [1.807, 2.05) is 12.1 Å². The highest BCUT2D eigenvalue weighted by molar-refractivity contribution is 6.17. The molecule has 0 saturated heterocycles. The van der Waals surface area contributed by atoms with Crippen molar-refractivity contribution in [2.45, 2.75) is 18.9 Å². The number of halogens is 1. The SMILES string of the molecule is COc1ccc2c(c1OC)CCCOC2COCCCl. The Hall–Kier alpha value is -0.970. The first-order valence-electron chi connectivity index (χ1n) is 6.80. The summed E-state index contributed by atoms with van der Waals surface area (Å²) < 4.78 is 22.3. The fourth-order valence-electron chi connectivity index (χ4n) is 2.51. The van der Waals surface area contributed by atoms with Gasteiger partial charge in [-0.1, -0.05) is 6.07 Å². The van der Waals surface area contributed by atoms with Gasteiger partial charge >= 0.3 is 0 Å². The van der Waals surface area contributed by atoms with Gasteiger partial charge in [0, 0.05) is 18.1 Å². The Labute approximate surface area is 124 Å². The second kappa shape index (κ2) is 7.72. The predicted octanol–water partition coefficient (Wildman–Crippen LogP) is 2.96. The van der Waals surface area contributed by atoms with Crippen LogP contribution in [0, 0.1) is 0 Å². The number of fused-ring (bicyclic) bond motifs is 1. The summed E-state index contributed by atoms with van der Waals surface area (Å²) in [6.45, 7) is 1.76. The smallest absolute Gasteiger partial charge is 0.164 e. The molecule has 0 spiro atoms. The van der Waals surface area contributed by atoms with Crippen molar-refractivity contribution in [3.05, 3.63) is 23.3 Å². The Bertz CT molecular complexity index is 436. The monoisotopic (exact) mass is 300 g/mol. The van der Waals surface area contributed by atoms with E-state index in [2.05, 4.69) is 0 Å². The molecule has 4 nitrogen and oxygen atoms in total. The summed E-state index contributed by atoms with van der Waals surface area (Å²) in [6, 6.07) is 3.96. The van der Waals surface area contributed by atoms with Gasteiger partial charge in [0.1, 0.15) is 6.10 Å². The molecule has 1 unspecified atom stereocenters. The van der Waals surface area contributed by atoms with Gasteiger partial charge in [-0.3, -0.25) is 0 Å². The normalized spacial score (nSPS) is 18.2. The fourth-order valence-corrected chi connectivity index (χ4v) is 2.62. The maximum Gasteiger partial charge on any atom is 0.164 e. The van der Waals surface area contributed by atoms with Gasteiger partial charge in [-0.15, -0.1) is 11.6 Å². The Morgan fingerprint density at radius 1 is 1.30 bits per heavy atom. The summed E-state index contributed by atoms with van der Waals surface area (Å²) in [4.78, 5) is 0. The molecule has 0 N–H and O–H groups in total. The van der Waals surface area contributed by atoms with E-state index in [-0.39, 0.29) is 6.10 Å². The molecule has 0 saturated carbocycles. The van der Waals surface area contributed by atoms with Gasteiger partial charge < -0.3 is 18.9 Å². The van der Waals surface area contributed by atoms with Crippen molar-refractivity contribution in [2.75, 3.05) is 39.9 Å². The number of ether oxygens (including phenoxy) is 4. The van der Waals surface area contributed by atoms with Crippen LogP contribution in [0.1, 0.15) is 23.7 Å². The summed E-state index contributed by atoms with van der Waals surface area (Å²) in [5.74, 6) is 2.05. The van der Waals surface area contributed by atoms with E-state index in [0.29, 0.717) is 19.1 Å². The molecule has 0 amide bonds. The van der Waals surface area contributed by atoms with Crippen LogP contribution in [0.15, 0.2) is 12.1 Å². The first-order valence-corrected chi connectivity index (χ1v) is 7.34. The number of benzene rings is 1. The van der Waals surface area contributed by atoms with Crippen molar-refractivity contribution >= 4 is 11.6 Å². The molecule has 1 heterocycles. The second-order valence-electron chi connectivity index (χ2n) is 4.60. The lowest BCUT2D eigenvalue weighted by atomic mass is 9.98. The van der Waals surface area contributed by atoms with E-state index >= 15 is 0 Å². The lowest BCUT2D eigenvalue weighted by Gasteiger charge is -2.20. The molecule has 0 radical (unpaired) electrons. The van der Waals surface area contributed by atoms with Gasteiger partial charge in [0.05, 0.1) is 27.4 Å². The highest BCUT2D eigenvalue weighted by Gasteiger charge is 2.24. The third-order valence-corrected chi connectivity index (χ3v) is 3.57. The molecule has 1 atom stereocenters. The lowest BCUT2D eigenvalue weighted by molar-refractivity contribution is -0.0120. The molecular formula is C15H21ClO4. The molecular weight excluding hydrogens is 280 g/mol. The minimum absolute atomic E-state index is 0.0736. The highest BCUT2D eigenvalue weighted by Crippen LogP contribution is 2.39. The maximum absolute atomic E-state index is 5.88. The molecule has 0 bridgehead atoms. The summed E-state index contributed by atoms with van der Waals surface area (Å²) in [5, 5.41) is 0. The number of hydrogen-bond acceptors (Lipinski definition) is 4. The zero-order valence-corrected chi connectivity index (χ0v) is 12.7. The molecule has 0 fully saturated rings. The van der Waals surface area contributed by atoms with E-state index in [1.165, 1.54) is 0 Å². The van der Waals surface area contributed by atoms with Crippen LogP contribution in [0.4, 0.5) is 0 Å². The molecule has 1 aromatic carbocycles. The molecule has 1 aliphatic rings. The van der Waals surface area contributed by atoms with Crippen molar-refractivity contribution < 1.29 is 18.9 Å². The second-order valence-corrected chi connectivity index (χ2v) is 4.97. The largest absolute Gasteiger partial charge is 0.493 e. The van der Waals surface area contributed by atoms with Crippen LogP contribution in [-0.2, 0) is 15.9 Å². The molecule has 5 heteroatoms. The van der Waals surface area contributed by atoms with Crippen LogP contribution in [-0.4, -0.2) is 39.9 Å². The van der Waals surface area contributed by atoms with Crippen molar-refractivity contribution in [3.63, 3.8) is 0 Å². The molecule has 112 valence electrons. The van der Waals surface area contributed by atoms with Crippen LogP contribution in [0.2, 0.25) is 0 Å². The zero-order chi connectivity index (χ0) is 14.4. The summed E-state index contributed by atoms with van der Waals surface area (Å²) in [5.41, 5.74) is 2.28. The predicted molar refractivity (Wildman–Crippen MR) is 78.1 cm³/mol. The number of rotatable bonds is 6. The average molecular weight is 301 g/mol. The Morgan fingerprint density at radius 2 is 2.15 bits per heavy atom. The Balaban J connectivity index is 2.29. The fraction of sp³-hybridized carbons (Fsp3) is 0.600. The first kappa shape index (κ1) is 15.4. The summed E-state index contributed by atoms with van der Waals surface area (Å²) in [6.07, 6.45) is 1.81. The van der Waals surface area contributed by atoms with Gasteiger partial charge in [-0.25, -0.2) is 0 Å². The van der Waals surface area contributed by atoms with Crippen LogP contribution in [0.5, 0.6) is 11.5 Å². The quantitative estimate of drug-likeness (QED) is 0.598. The molecule has 1 aromatic rings. The zero-order valence-electron chi connectivity index (χ0n) is 12.0. The minimum atomic E-state index is -0.0736. The lowest BCUT2D eigenvalue weighted by Crippen LogP contribution is -2.13. The number of hydrogen-bond donors (Lipinski definition) is 0. The summed E-state index contributed by atoms with van der Waals surface area (Å²) >= 11 is 5.64. The van der Waals surface area contributed by atoms with Crippen molar-refractivity contribution in [3.8, 4) is 11.5 Å². The van der Waals surface area contributed by atoms with Crippen molar-refractivity contribution in [1.29, 1.82) is 0 Å². The number of alkyl halides is 1. The third kappa shape index (κ3) is 3.37. The average Bonchev–Trinajstić information content (AvgIpc) is 2.69. The van der Waals surface area contributed by atoms with Crippen molar-refractivity contribution in [2.24, 2.45) is 0 Å². The molecule has 20 heavy (non-hydrogen) atoms. The highest BCUT2D eigenvalue weighted by atomic mass is 35.5. The van der Waals surface area contributed by atoms with Crippen molar-refractivity contribution in [1.82, 2.24) is 0 Å². The van der Waals surface area contributed by atoms with Gasteiger partial charge in [0.15, 0.2) is 11.5 Å². The van der Waals surface area contributed by atoms with Gasteiger partial charge in [-0.05, 0) is 24.5 Å². The topological polar surface area (TPSA) is 36.9 Å². The standard InChI is InChI=1S/C15H21ClO4/c1-17-13-6-5-11-12(15(13)18-2)4-3-8-20-14(11)10-19-9-7-16/h5-6,14H,3-4,7-10H2,1-2H3. The Morgan fingerprint density at radius 3 is 2.85 bits per heavy atom. The molecule has 0 aliphatic carbocycles. The van der Waals surface area contributed by atoms with E-state index in [9.17, 15) is 0 Å². The number of methoxy groups -OCH3 is 2. The molecule has 1 aliphatic heterocycles. The van der Waals surface area contributed by atoms with E-state index in [1.54, 1.807) is 14.2 Å². The molecule has 2 rings (SSSR count).